The van der Waals surface area contributed by atoms with E-state index in [0.717, 1.165) is 24.2 Å². The van der Waals surface area contributed by atoms with Gasteiger partial charge in [0.05, 0.1) is 31.2 Å². The van der Waals surface area contributed by atoms with E-state index in [1.807, 2.05) is 32.3 Å². The van der Waals surface area contributed by atoms with E-state index in [1.165, 1.54) is 0 Å². The predicted octanol–water partition coefficient (Wildman–Crippen LogP) is 4.17. The standard InChI is InChI=1S/C25H27N5O4/c1-30(2)10-5-11-33-20-14-18(13-19(15-20)32-3)29-25-28-16-23(34-25)17-7-9-26-22(12-17)21-6-4-8-27-24(21)31/h4,6-9,12-16H,5,10-11H2,1-3H3,(H,27,31)(H,28,29). The molecule has 0 saturated carbocycles. The number of oxazole rings is 1. The van der Waals surface area contributed by atoms with Gasteiger partial charge in [0, 0.05) is 48.4 Å². The molecule has 2 N–H and O–H groups in total. The Morgan fingerprint density at radius 3 is 2.76 bits per heavy atom. The van der Waals surface area contributed by atoms with Gasteiger partial charge < -0.3 is 29.1 Å². The Balaban J connectivity index is 1.50. The summed E-state index contributed by atoms with van der Waals surface area (Å²) in [5.41, 5.74) is 2.31. The number of anilines is 2. The number of rotatable bonds is 10. The van der Waals surface area contributed by atoms with Crippen LogP contribution in [0, 0.1) is 0 Å². The average Bonchev–Trinajstić information content (AvgIpc) is 3.30. The molecular weight excluding hydrogens is 434 g/mol. The van der Waals surface area contributed by atoms with Crippen LogP contribution >= 0.6 is 0 Å². The number of ether oxygens (including phenoxy) is 2. The number of hydrogen-bond acceptors (Lipinski definition) is 8. The second-order valence-electron chi connectivity index (χ2n) is 7.90. The molecule has 0 aliphatic rings. The van der Waals surface area contributed by atoms with Crippen LogP contribution in [0.15, 0.2) is 70.3 Å². The fraction of sp³-hybridized carbons (Fsp3) is 0.240. The van der Waals surface area contributed by atoms with Crippen molar-refractivity contribution in [3.05, 3.63) is 71.4 Å². The number of nitrogens with one attached hydrogen (secondary N) is 2. The molecule has 176 valence electrons. The third-order valence-corrected chi connectivity index (χ3v) is 5.03. The van der Waals surface area contributed by atoms with Gasteiger partial charge in [0.2, 0.25) is 0 Å². The largest absolute Gasteiger partial charge is 0.497 e. The Hall–Kier alpha value is -4.11. The molecule has 4 aromatic rings. The van der Waals surface area contributed by atoms with Gasteiger partial charge in [-0.25, -0.2) is 4.98 Å². The molecular formula is C25H27N5O4. The van der Waals surface area contributed by atoms with Crippen molar-refractivity contribution in [2.24, 2.45) is 0 Å². The van der Waals surface area contributed by atoms with Crippen LogP contribution in [0.1, 0.15) is 6.42 Å². The zero-order valence-corrected chi connectivity index (χ0v) is 19.4. The third-order valence-electron chi connectivity index (χ3n) is 5.03. The molecule has 0 aliphatic heterocycles. The molecule has 1 aromatic carbocycles. The van der Waals surface area contributed by atoms with Crippen molar-refractivity contribution in [1.29, 1.82) is 0 Å². The first kappa shape index (κ1) is 23.1. The SMILES string of the molecule is COc1cc(Nc2ncc(-c3ccnc(-c4ccc[nH]c4=O)c3)o2)cc(OCCCN(C)C)c1. The number of H-pyrrole nitrogens is 1. The van der Waals surface area contributed by atoms with E-state index in [2.05, 4.69) is 25.2 Å². The van der Waals surface area contributed by atoms with Gasteiger partial charge in [0.25, 0.3) is 11.6 Å². The van der Waals surface area contributed by atoms with E-state index < -0.39 is 0 Å². The van der Waals surface area contributed by atoms with Gasteiger partial charge in [-0.05, 0) is 44.8 Å². The predicted molar refractivity (Wildman–Crippen MR) is 131 cm³/mol. The second kappa shape index (κ2) is 10.7. The van der Waals surface area contributed by atoms with E-state index in [0.29, 0.717) is 41.1 Å². The summed E-state index contributed by atoms with van der Waals surface area (Å²) in [6.07, 6.45) is 5.76. The van der Waals surface area contributed by atoms with Crippen molar-refractivity contribution in [2.45, 2.75) is 6.42 Å². The summed E-state index contributed by atoms with van der Waals surface area (Å²) in [6.45, 7) is 1.55. The summed E-state index contributed by atoms with van der Waals surface area (Å²) >= 11 is 0. The molecule has 0 unspecified atom stereocenters. The van der Waals surface area contributed by atoms with Crippen LogP contribution in [0.4, 0.5) is 11.7 Å². The lowest BCUT2D eigenvalue weighted by Crippen LogP contribution is -2.15. The van der Waals surface area contributed by atoms with Gasteiger partial charge >= 0.3 is 0 Å². The third kappa shape index (κ3) is 5.81. The van der Waals surface area contributed by atoms with Gasteiger partial charge in [-0.15, -0.1) is 0 Å². The number of hydrogen-bond donors (Lipinski definition) is 2. The summed E-state index contributed by atoms with van der Waals surface area (Å²) < 4.78 is 17.2. The van der Waals surface area contributed by atoms with Crippen LogP contribution in [-0.4, -0.2) is 54.2 Å². The highest BCUT2D eigenvalue weighted by Gasteiger charge is 2.11. The maximum absolute atomic E-state index is 12.1. The zero-order chi connectivity index (χ0) is 23.9. The summed E-state index contributed by atoms with van der Waals surface area (Å²) in [6, 6.07) is 12.9. The highest BCUT2D eigenvalue weighted by Crippen LogP contribution is 2.30. The van der Waals surface area contributed by atoms with Gasteiger partial charge in [0.1, 0.15) is 11.5 Å². The normalized spacial score (nSPS) is 10.9. The van der Waals surface area contributed by atoms with Gasteiger partial charge in [0.15, 0.2) is 5.76 Å². The molecule has 9 heteroatoms. The van der Waals surface area contributed by atoms with E-state index >= 15 is 0 Å². The molecule has 0 atom stereocenters. The topological polar surface area (TPSA) is 106 Å². The number of methoxy groups -OCH3 is 1. The zero-order valence-electron chi connectivity index (χ0n) is 19.4. The average molecular weight is 462 g/mol. The highest BCUT2D eigenvalue weighted by molar-refractivity contribution is 5.67. The molecule has 0 radical (unpaired) electrons. The van der Waals surface area contributed by atoms with Gasteiger partial charge in [-0.2, -0.15) is 0 Å². The fourth-order valence-electron chi connectivity index (χ4n) is 3.36. The highest BCUT2D eigenvalue weighted by atomic mass is 16.5. The molecule has 9 nitrogen and oxygen atoms in total. The minimum Gasteiger partial charge on any atom is -0.497 e. The Labute approximate surface area is 197 Å². The molecule has 3 heterocycles. The number of benzene rings is 1. The Bertz CT molecular complexity index is 1300. The smallest absolute Gasteiger partial charge is 0.299 e. The second-order valence-corrected chi connectivity index (χ2v) is 7.90. The Morgan fingerprint density at radius 1 is 1.12 bits per heavy atom. The maximum atomic E-state index is 12.1. The lowest BCUT2D eigenvalue weighted by Gasteiger charge is -2.12. The van der Waals surface area contributed by atoms with Crippen molar-refractivity contribution in [3.8, 4) is 34.1 Å². The quantitative estimate of drug-likeness (QED) is 0.339. The summed E-state index contributed by atoms with van der Waals surface area (Å²) in [4.78, 5) is 25.5. The van der Waals surface area contributed by atoms with E-state index in [9.17, 15) is 4.79 Å². The minimum absolute atomic E-state index is 0.204. The van der Waals surface area contributed by atoms with Crippen molar-refractivity contribution >= 4 is 11.7 Å². The molecule has 0 saturated heterocycles. The summed E-state index contributed by atoms with van der Waals surface area (Å²) in [5.74, 6) is 1.90. The van der Waals surface area contributed by atoms with Crippen LogP contribution < -0.4 is 20.3 Å². The molecule has 0 fully saturated rings. The van der Waals surface area contributed by atoms with Gasteiger partial charge in [-0.3, -0.25) is 9.78 Å². The van der Waals surface area contributed by atoms with Crippen molar-refractivity contribution < 1.29 is 13.9 Å². The Kier molecular flexibility index (Phi) is 7.24. The molecule has 4 rings (SSSR count). The van der Waals surface area contributed by atoms with Crippen molar-refractivity contribution in [1.82, 2.24) is 19.9 Å². The number of nitrogens with zero attached hydrogens (tertiary/aromatic N) is 3. The van der Waals surface area contributed by atoms with E-state index in [-0.39, 0.29) is 5.56 Å². The number of aromatic amines is 1. The van der Waals surface area contributed by atoms with Crippen LogP contribution in [-0.2, 0) is 0 Å². The van der Waals surface area contributed by atoms with E-state index in [4.69, 9.17) is 13.9 Å². The van der Waals surface area contributed by atoms with Crippen LogP contribution in [0.25, 0.3) is 22.6 Å². The summed E-state index contributed by atoms with van der Waals surface area (Å²) in [5, 5.41) is 3.16. The monoisotopic (exact) mass is 461 g/mol. The molecule has 3 aromatic heterocycles. The maximum Gasteiger partial charge on any atom is 0.299 e. The minimum atomic E-state index is -0.204. The van der Waals surface area contributed by atoms with Crippen LogP contribution in [0.5, 0.6) is 11.5 Å². The lowest BCUT2D eigenvalue weighted by atomic mass is 10.1. The molecule has 0 spiro atoms. The van der Waals surface area contributed by atoms with Crippen molar-refractivity contribution in [3.63, 3.8) is 0 Å². The molecule has 34 heavy (non-hydrogen) atoms. The van der Waals surface area contributed by atoms with Crippen LogP contribution in [0.3, 0.4) is 0 Å². The molecule has 0 bridgehead atoms. The van der Waals surface area contributed by atoms with Gasteiger partial charge in [-0.1, -0.05) is 0 Å². The lowest BCUT2D eigenvalue weighted by molar-refractivity contribution is 0.280. The first-order valence-corrected chi connectivity index (χ1v) is 10.9. The van der Waals surface area contributed by atoms with Crippen LogP contribution in [0.2, 0.25) is 0 Å². The number of pyridine rings is 2. The Morgan fingerprint density at radius 2 is 1.97 bits per heavy atom. The van der Waals surface area contributed by atoms with Crippen molar-refractivity contribution in [2.75, 3.05) is 39.7 Å². The summed E-state index contributed by atoms with van der Waals surface area (Å²) in [7, 11) is 5.68. The first-order valence-electron chi connectivity index (χ1n) is 10.9. The first-order chi connectivity index (χ1) is 16.5. The number of aromatic nitrogens is 3. The fourth-order valence-corrected chi connectivity index (χ4v) is 3.36. The molecule has 0 aliphatic carbocycles. The molecule has 0 amide bonds. The van der Waals surface area contributed by atoms with E-state index in [1.54, 1.807) is 50.0 Å².